The van der Waals surface area contributed by atoms with Gasteiger partial charge >= 0.3 is 0 Å². The van der Waals surface area contributed by atoms with Crippen LogP contribution in [0.2, 0.25) is 0 Å². The van der Waals surface area contributed by atoms with E-state index >= 15 is 0 Å². The third-order valence-corrected chi connectivity index (χ3v) is 4.03. The quantitative estimate of drug-likeness (QED) is 0.861. The third-order valence-electron chi connectivity index (χ3n) is 4.03. The monoisotopic (exact) mass is 286 g/mol. The fraction of sp³-hybridized carbons (Fsp3) is 0.600. The zero-order valence-electron chi connectivity index (χ0n) is 11.7. The van der Waals surface area contributed by atoms with Gasteiger partial charge in [-0.15, -0.1) is 0 Å². The van der Waals surface area contributed by atoms with Gasteiger partial charge in [-0.1, -0.05) is 6.92 Å². The second-order valence-corrected chi connectivity index (χ2v) is 5.41. The van der Waals surface area contributed by atoms with Gasteiger partial charge in [0.1, 0.15) is 5.82 Å². The van der Waals surface area contributed by atoms with E-state index in [4.69, 9.17) is 5.73 Å². The van der Waals surface area contributed by atoms with Crippen LogP contribution in [0.25, 0.3) is 0 Å². The lowest BCUT2D eigenvalue weighted by Gasteiger charge is -2.41. The normalized spacial score (nSPS) is 24.1. The molecule has 2 rings (SSSR count). The molecule has 2 unspecified atom stereocenters. The van der Waals surface area contributed by atoms with E-state index in [1.807, 2.05) is 6.92 Å². The summed E-state index contributed by atoms with van der Waals surface area (Å²) in [6.45, 7) is 4.11. The van der Waals surface area contributed by atoms with Gasteiger partial charge in [-0.05, 0) is 50.9 Å². The Labute approximate surface area is 117 Å². The average molecular weight is 286 g/mol. The highest BCUT2D eigenvalue weighted by atomic mass is 19.2. The molecular weight excluding hydrogens is 265 g/mol. The summed E-state index contributed by atoms with van der Waals surface area (Å²) >= 11 is 0. The maximum atomic E-state index is 14.1. The van der Waals surface area contributed by atoms with Crippen LogP contribution in [-0.2, 0) is 0 Å². The van der Waals surface area contributed by atoms with Crippen molar-refractivity contribution in [1.82, 2.24) is 4.90 Å². The SMILES string of the molecule is CCCN1CCCC(CN)C1c1cc(F)c(F)cc1F. The van der Waals surface area contributed by atoms with E-state index in [1.54, 1.807) is 0 Å². The molecule has 2 N–H and O–H groups in total. The minimum Gasteiger partial charge on any atom is -0.330 e. The lowest BCUT2D eigenvalue weighted by atomic mass is 9.84. The molecule has 112 valence electrons. The van der Waals surface area contributed by atoms with Crippen LogP contribution in [0.5, 0.6) is 0 Å². The Morgan fingerprint density at radius 2 is 1.90 bits per heavy atom. The lowest BCUT2D eigenvalue weighted by Crippen LogP contribution is -2.42. The molecule has 1 aromatic rings. The van der Waals surface area contributed by atoms with Crippen molar-refractivity contribution in [3.05, 3.63) is 35.1 Å². The lowest BCUT2D eigenvalue weighted by molar-refractivity contribution is 0.0929. The van der Waals surface area contributed by atoms with Gasteiger partial charge in [0.25, 0.3) is 0 Å². The van der Waals surface area contributed by atoms with Crippen LogP contribution in [0.3, 0.4) is 0 Å². The van der Waals surface area contributed by atoms with Gasteiger partial charge in [0, 0.05) is 17.7 Å². The predicted octanol–water partition coefficient (Wildman–Crippen LogP) is 3.23. The Hall–Kier alpha value is -1.07. The second-order valence-electron chi connectivity index (χ2n) is 5.41. The molecule has 5 heteroatoms. The molecule has 0 spiro atoms. The first-order valence-corrected chi connectivity index (χ1v) is 7.17. The number of piperidine rings is 1. The summed E-state index contributed by atoms with van der Waals surface area (Å²) in [5, 5.41) is 0. The van der Waals surface area contributed by atoms with E-state index in [0.717, 1.165) is 38.4 Å². The van der Waals surface area contributed by atoms with Gasteiger partial charge in [-0.25, -0.2) is 13.2 Å². The molecule has 20 heavy (non-hydrogen) atoms. The number of hydrogen-bond donors (Lipinski definition) is 1. The molecule has 0 saturated carbocycles. The molecule has 1 aliphatic heterocycles. The molecule has 1 aliphatic rings. The van der Waals surface area contributed by atoms with E-state index in [1.165, 1.54) is 0 Å². The van der Waals surface area contributed by atoms with Crippen molar-refractivity contribution in [2.75, 3.05) is 19.6 Å². The van der Waals surface area contributed by atoms with Crippen molar-refractivity contribution in [2.24, 2.45) is 11.7 Å². The maximum absolute atomic E-state index is 14.1. The topological polar surface area (TPSA) is 29.3 Å². The van der Waals surface area contributed by atoms with Gasteiger partial charge in [0.2, 0.25) is 0 Å². The zero-order valence-corrected chi connectivity index (χ0v) is 11.7. The number of nitrogens with two attached hydrogens (primary N) is 1. The van der Waals surface area contributed by atoms with Crippen molar-refractivity contribution in [3.8, 4) is 0 Å². The summed E-state index contributed by atoms with van der Waals surface area (Å²) in [4.78, 5) is 2.14. The summed E-state index contributed by atoms with van der Waals surface area (Å²) in [5.74, 6) is -2.75. The van der Waals surface area contributed by atoms with E-state index in [9.17, 15) is 13.2 Å². The zero-order chi connectivity index (χ0) is 14.7. The summed E-state index contributed by atoms with van der Waals surface area (Å²) in [5.41, 5.74) is 6.02. The van der Waals surface area contributed by atoms with E-state index in [2.05, 4.69) is 4.90 Å². The number of benzene rings is 1. The summed E-state index contributed by atoms with van der Waals surface area (Å²) in [6.07, 6.45) is 2.82. The average Bonchev–Trinajstić information content (AvgIpc) is 2.43. The molecular formula is C15H21F3N2. The molecule has 0 aromatic heterocycles. The first-order chi connectivity index (χ1) is 9.58. The maximum Gasteiger partial charge on any atom is 0.161 e. The number of hydrogen-bond acceptors (Lipinski definition) is 2. The predicted molar refractivity (Wildman–Crippen MR) is 72.7 cm³/mol. The van der Waals surface area contributed by atoms with Crippen LogP contribution in [0.1, 0.15) is 37.8 Å². The van der Waals surface area contributed by atoms with Crippen molar-refractivity contribution >= 4 is 0 Å². The van der Waals surface area contributed by atoms with E-state index < -0.39 is 17.5 Å². The van der Waals surface area contributed by atoms with Gasteiger partial charge in [-0.3, -0.25) is 4.90 Å². The first-order valence-electron chi connectivity index (χ1n) is 7.17. The van der Waals surface area contributed by atoms with Crippen molar-refractivity contribution in [2.45, 2.75) is 32.2 Å². The molecule has 0 radical (unpaired) electrons. The van der Waals surface area contributed by atoms with Crippen LogP contribution >= 0.6 is 0 Å². The molecule has 0 bridgehead atoms. The fourth-order valence-electron chi connectivity index (χ4n) is 3.15. The van der Waals surface area contributed by atoms with Gasteiger partial charge in [0.15, 0.2) is 11.6 Å². The second kappa shape index (κ2) is 6.59. The summed E-state index contributed by atoms with van der Waals surface area (Å²) < 4.78 is 40.6. The van der Waals surface area contributed by atoms with Crippen LogP contribution in [-0.4, -0.2) is 24.5 Å². The van der Waals surface area contributed by atoms with E-state index in [0.29, 0.717) is 12.6 Å². The minimum absolute atomic E-state index is 0.0784. The van der Waals surface area contributed by atoms with Crippen molar-refractivity contribution in [1.29, 1.82) is 0 Å². The number of rotatable bonds is 4. The summed E-state index contributed by atoms with van der Waals surface area (Å²) in [7, 11) is 0. The molecule has 1 fully saturated rings. The molecule has 0 amide bonds. The van der Waals surface area contributed by atoms with Crippen molar-refractivity contribution < 1.29 is 13.2 Å². The Kier molecular flexibility index (Phi) is 5.05. The minimum atomic E-state index is -1.15. The van der Waals surface area contributed by atoms with Crippen LogP contribution in [0, 0.1) is 23.4 Å². The molecule has 2 nitrogen and oxygen atoms in total. The van der Waals surface area contributed by atoms with Gasteiger partial charge < -0.3 is 5.73 Å². The number of likely N-dealkylation sites (tertiary alicyclic amines) is 1. The van der Waals surface area contributed by atoms with E-state index in [-0.39, 0.29) is 17.5 Å². The standard InChI is InChI=1S/C15H21F3N2/c1-2-5-20-6-3-4-10(9-19)15(20)11-7-13(17)14(18)8-12(11)16/h7-8,10,15H,2-6,9,19H2,1H3. The highest BCUT2D eigenvalue weighted by Gasteiger charge is 2.33. The highest BCUT2D eigenvalue weighted by Crippen LogP contribution is 2.37. The van der Waals surface area contributed by atoms with Crippen molar-refractivity contribution in [3.63, 3.8) is 0 Å². The molecule has 1 heterocycles. The summed E-state index contributed by atoms with van der Waals surface area (Å²) in [6, 6.07) is 1.37. The van der Waals surface area contributed by atoms with Gasteiger partial charge in [0.05, 0.1) is 0 Å². The Morgan fingerprint density at radius 3 is 2.55 bits per heavy atom. The fourth-order valence-corrected chi connectivity index (χ4v) is 3.15. The number of halogens is 3. The molecule has 2 atom stereocenters. The van der Waals surface area contributed by atoms with Gasteiger partial charge in [-0.2, -0.15) is 0 Å². The van der Waals surface area contributed by atoms with Crippen LogP contribution in [0.4, 0.5) is 13.2 Å². The van der Waals surface area contributed by atoms with Crippen LogP contribution < -0.4 is 5.73 Å². The highest BCUT2D eigenvalue weighted by molar-refractivity contribution is 5.25. The Morgan fingerprint density at radius 1 is 1.20 bits per heavy atom. The Balaban J connectivity index is 2.40. The molecule has 0 aliphatic carbocycles. The number of nitrogens with zero attached hydrogens (tertiary/aromatic N) is 1. The third kappa shape index (κ3) is 2.99. The first kappa shape index (κ1) is 15.3. The Bertz CT molecular complexity index is 463. The smallest absolute Gasteiger partial charge is 0.161 e. The largest absolute Gasteiger partial charge is 0.330 e. The van der Waals surface area contributed by atoms with Crippen LogP contribution in [0.15, 0.2) is 12.1 Å². The molecule has 1 aromatic carbocycles. The molecule has 1 saturated heterocycles.